The van der Waals surface area contributed by atoms with Crippen LogP contribution in [0.4, 0.5) is 0 Å². The molecule has 0 amide bonds. The van der Waals surface area contributed by atoms with E-state index in [-0.39, 0.29) is 13.2 Å². The van der Waals surface area contributed by atoms with Crippen molar-refractivity contribution < 1.29 is 49.8 Å². The van der Waals surface area contributed by atoms with Crippen LogP contribution < -0.4 is 0 Å². The van der Waals surface area contributed by atoms with Gasteiger partial charge in [0, 0.05) is 38.8 Å². The molecule has 64 heavy (non-hydrogen) atoms. The summed E-state index contributed by atoms with van der Waals surface area (Å²) in [6.07, 6.45) is 43.3. The lowest BCUT2D eigenvalue weighted by Crippen LogP contribution is -2.29. The number of aliphatic hydroxyl groups is 2. The molecular formula is C52H102N2O10. The average molecular weight is 915 g/mol. The Morgan fingerprint density at radius 3 is 0.500 bits per heavy atom. The smallest absolute Gasteiger partial charge is 0.303 e. The maximum atomic E-state index is 10.5. The number of carbonyl (C=O) groups is 4. The Balaban J connectivity index is 0. The van der Waals surface area contributed by atoms with E-state index in [4.69, 9.17) is 20.4 Å². The number of carboxylic acid groups (broad SMARTS) is 4. The minimum absolute atomic E-state index is 0.240. The normalized spacial score (nSPS) is 11.3. The van der Waals surface area contributed by atoms with Crippen molar-refractivity contribution in [3.8, 4) is 0 Å². The van der Waals surface area contributed by atoms with Gasteiger partial charge in [-0.2, -0.15) is 0 Å². The Morgan fingerprint density at radius 2 is 0.359 bits per heavy atom. The fourth-order valence-corrected chi connectivity index (χ4v) is 8.35. The predicted octanol–water partition coefficient (Wildman–Crippen LogP) is 12.5. The van der Waals surface area contributed by atoms with Gasteiger partial charge in [-0.25, -0.2) is 0 Å². The van der Waals surface area contributed by atoms with Crippen LogP contribution in [0.15, 0.2) is 0 Å². The molecule has 0 aromatic heterocycles. The Hall–Kier alpha value is -2.28. The van der Waals surface area contributed by atoms with Crippen molar-refractivity contribution in [2.24, 2.45) is 0 Å². The molecule has 0 atom stereocenters. The molecule has 0 fully saturated rings. The van der Waals surface area contributed by atoms with Crippen molar-refractivity contribution in [1.82, 2.24) is 9.80 Å². The molecule has 0 unspecified atom stereocenters. The molecule has 12 heteroatoms. The van der Waals surface area contributed by atoms with E-state index >= 15 is 0 Å². The minimum Gasteiger partial charge on any atom is -0.481 e. The summed E-state index contributed by atoms with van der Waals surface area (Å²) in [5, 5.41) is 53.1. The van der Waals surface area contributed by atoms with Crippen LogP contribution >= 0.6 is 0 Å². The second kappa shape index (κ2) is 53.3. The van der Waals surface area contributed by atoms with Crippen molar-refractivity contribution >= 4 is 23.9 Å². The first-order valence-electron chi connectivity index (χ1n) is 26.7. The highest BCUT2D eigenvalue weighted by Crippen LogP contribution is 2.15. The van der Waals surface area contributed by atoms with Gasteiger partial charge in [0.1, 0.15) is 0 Å². The van der Waals surface area contributed by atoms with Gasteiger partial charge in [0.15, 0.2) is 0 Å². The molecule has 0 bridgehead atoms. The van der Waals surface area contributed by atoms with Crippen LogP contribution in [0.3, 0.4) is 0 Å². The van der Waals surface area contributed by atoms with E-state index in [1.165, 1.54) is 154 Å². The number of aliphatic hydroxyl groups excluding tert-OH is 2. The molecular weight excluding hydrogens is 813 g/mol. The van der Waals surface area contributed by atoms with Gasteiger partial charge < -0.3 is 40.4 Å². The zero-order valence-corrected chi connectivity index (χ0v) is 41.2. The zero-order valence-electron chi connectivity index (χ0n) is 41.2. The highest BCUT2D eigenvalue weighted by molar-refractivity contribution is 5.67. The van der Waals surface area contributed by atoms with Crippen molar-refractivity contribution in [1.29, 1.82) is 0 Å². The Labute approximate surface area is 391 Å². The lowest BCUT2D eigenvalue weighted by molar-refractivity contribution is -0.138. The summed E-state index contributed by atoms with van der Waals surface area (Å²) < 4.78 is 0. The van der Waals surface area contributed by atoms with E-state index in [2.05, 4.69) is 9.80 Å². The van der Waals surface area contributed by atoms with Crippen molar-refractivity contribution in [2.75, 3.05) is 52.5 Å². The minimum atomic E-state index is -0.682. The molecule has 12 nitrogen and oxygen atoms in total. The predicted molar refractivity (Wildman–Crippen MR) is 262 cm³/mol. The third-order valence-corrected chi connectivity index (χ3v) is 12.3. The van der Waals surface area contributed by atoms with Gasteiger partial charge >= 0.3 is 23.9 Å². The van der Waals surface area contributed by atoms with E-state index < -0.39 is 23.9 Å². The zero-order chi connectivity index (χ0) is 47.4. The number of nitrogens with zero attached hydrogens (tertiary/aromatic N) is 2. The molecule has 0 heterocycles. The van der Waals surface area contributed by atoms with Gasteiger partial charge in [0.05, 0.1) is 13.2 Å². The number of rotatable bonds is 52. The van der Waals surface area contributed by atoms with Crippen molar-refractivity contribution in [3.05, 3.63) is 0 Å². The fourth-order valence-electron chi connectivity index (χ4n) is 8.35. The van der Waals surface area contributed by atoms with Crippen LogP contribution in [0.25, 0.3) is 0 Å². The van der Waals surface area contributed by atoms with Gasteiger partial charge in [-0.1, -0.05) is 180 Å². The highest BCUT2D eigenvalue weighted by Gasteiger charge is 2.06. The summed E-state index contributed by atoms with van der Waals surface area (Å²) in [6, 6.07) is 0. The van der Waals surface area contributed by atoms with E-state index in [1.54, 1.807) is 0 Å². The van der Waals surface area contributed by atoms with E-state index in [9.17, 15) is 29.4 Å². The van der Waals surface area contributed by atoms with E-state index in [1.807, 2.05) is 0 Å². The molecule has 0 spiro atoms. The summed E-state index contributed by atoms with van der Waals surface area (Å²) >= 11 is 0. The van der Waals surface area contributed by atoms with E-state index in [0.29, 0.717) is 25.7 Å². The molecule has 0 aliphatic rings. The van der Waals surface area contributed by atoms with Gasteiger partial charge in [0.2, 0.25) is 0 Å². The largest absolute Gasteiger partial charge is 0.481 e. The number of hydrogen-bond donors (Lipinski definition) is 6. The Morgan fingerprint density at radius 1 is 0.219 bits per heavy atom. The molecule has 0 saturated heterocycles. The van der Waals surface area contributed by atoms with Crippen LogP contribution in [0.2, 0.25) is 0 Å². The first-order valence-corrected chi connectivity index (χ1v) is 26.7. The highest BCUT2D eigenvalue weighted by atomic mass is 16.4. The maximum Gasteiger partial charge on any atom is 0.303 e. The number of carboxylic acids is 4. The van der Waals surface area contributed by atoms with Crippen LogP contribution in [0.5, 0.6) is 0 Å². The van der Waals surface area contributed by atoms with Crippen molar-refractivity contribution in [2.45, 2.75) is 257 Å². The second-order valence-corrected chi connectivity index (χ2v) is 18.4. The van der Waals surface area contributed by atoms with E-state index in [0.717, 1.165) is 116 Å². The lowest BCUT2D eigenvalue weighted by atomic mass is 10.1. The Kier molecular flexibility index (Phi) is 53.2. The molecule has 0 aromatic carbocycles. The molecule has 0 saturated carbocycles. The third kappa shape index (κ3) is 57.7. The van der Waals surface area contributed by atoms with Crippen LogP contribution in [0, 0.1) is 0 Å². The average Bonchev–Trinajstić information content (AvgIpc) is 3.25. The number of unbranched alkanes of at least 4 members (excludes halogenated alkanes) is 32. The first-order chi connectivity index (χ1) is 31.1. The quantitative estimate of drug-likeness (QED) is 0.0316. The monoisotopic (exact) mass is 915 g/mol. The standard InChI is InChI=1S/2C26H51NO5/c2*28-24-23-27(21-17-13-9-5-1-3-7-11-15-19-25(29)30)22-18-14-10-6-2-4-8-12-16-20-26(31)32/h2*28H,1-24H2,(H,29,30)(H,31,32). The summed E-state index contributed by atoms with van der Waals surface area (Å²) in [5.74, 6) is -2.73. The maximum absolute atomic E-state index is 10.5. The van der Waals surface area contributed by atoms with Crippen molar-refractivity contribution in [3.63, 3.8) is 0 Å². The van der Waals surface area contributed by atoms with Gasteiger partial charge in [-0.05, 0) is 77.5 Å². The summed E-state index contributed by atoms with van der Waals surface area (Å²) in [7, 11) is 0. The molecule has 380 valence electrons. The Bertz CT molecular complexity index is 867. The SMILES string of the molecule is O=C(O)CCCCCCCCCCCN(CCO)CCCCCCCCCCCC(=O)O.O=C(O)CCCCCCCCCCCN(CCO)CCCCCCCCCCCC(=O)O. The lowest BCUT2D eigenvalue weighted by Gasteiger charge is -2.21. The van der Waals surface area contributed by atoms with Gasteiger partial charge in [-0.15, -0.1) is 0 Å². The summed E-state index contributed by atoms with van der Waals surface area (Å²) in [5.41, 5.74) is 0. The number of hydrogen-bond acceptors (Lipinski definition) is 8. The summed E-state index contributed by atoms with van der Waals surface area (Å²) in [6.45, 7) is 6.41. The van der Waals surface area contributed by atoms with Gasteiger partial charge in [0.25, 0.3) is 0 Å². The van der Waals surface area contributed by atoms with Crippen LogP contribution in [-0.4, -0.2) is 117 Å². The van der Waals surface area contributed by atoms with Crippen LogP contribution in [0.1, 0.15) is 257 Å². The molecule has 0 radical (unpaired) electrons. The fraction of sp³-hybridized carbons (Fsp3) is 0.923. The molecule has 0 rings (SSSR count). The van der Waals surface area contributed by atoms with Crippen LogP contribution in [-0.2, 0) is 19.2 Å². The molecule has 0 aromatic rings. The topological polar surface area (TPSA) is 196 Å². The number of aliphatic carboxylic acids is 4. The third-order valence-electron chi connectivity index (χ3n) is 12.3. The van der Waals surface area contributed by atoms with Gasteiger partial charge in [-0.3, -0.25) is 19.2 Å². The molecule has 6 N–H and O–H groups in total. The first kappa shape index (κ1) is 63.8. The summed E-state index contributed by atoms with van der Waals surface area (Å²) in [4.78, 5) is 46.6. The molecule has 0 aliphatic heterocycles. The second-order valence-electron chi connectivity index (χ2n) is 18.4. The molecule has 0 aliphatic carbocycles.